The van der Waals surface area contributed by atoms with Crippen molar-refractivity contribution in [2.45, 2.75) is 47.1 Å². The SMILES string of the molecule is CCNCCCc1c(C)nn(Cc2cccc(C)c2)c1C. The molecule has 114 valence electrons. The average Bonchev–Trinajstić information content (AvgIpc) is 2.70. The minimum absolute atomic E-state index is 0.863. The maximum Gasteiger partial charge on any atom is 0.0662 e. The van der Waals surface area contributed by atoms with Crippen LogP contribution in [-0.2, 0) is 13.0 Å². The van der Waals surface area contributed by atoms with E-state index in [4.69, 9.17) is 5.10 Å². The Bertz CT molecular complexity index is 584. The van der Waals surface area contributed by atoms with Crippen molar-refractivity contribution < 1.29 is 0 Å². The molecule has 0 amide bonds. The van der Waals surface area contributed by atoms with E-state index >= 15 is 0 Å². The van der Waals surface area contributed by atoms with Crippen LogP contribution in [0.2, 0.25) is 0 Å². The van der Waals surface area contributed by atoms with E-state index in [1.165, 1.54) is 34.5 Å². The first-order valence-corrected chi connectivity index (χ1v) is 7.91. The summed E-state index contributed by atoms with van der Waals surface area (Å²) >= 11 is 0. The van der Waals surface area contributed by atoms with Gasteiger partial charge in [-0.25, -0.2) is 0 Å². The molecule has 0 saturated heterocycles. The molecule has 3 heteroatoms. The van der Waals surface area contributed by atoms with Gasteiger partial charge in [-0.3, -0.25) is 4.68 Å². The number of hydrogen-bond donors (Lipinski definition) is 1. The van der Waals surface area contributed by atoms with E-state index in [2.05, 4.69) is 62.0 Å². The van der Waals surface area contributed by atoms with Crippen LogP contribution in [0, 0.1) is 20.8 Å². The first kappa shape index (κ1) is 15.8. The molecule has 1 aromatic carbocycles. The van der Waals surface area contributed by atoms with Crippen molar-refractivity contribution in [2.75, 3.05) is 13.1 Å². The summed E-state index contributed by atoms with van der Waals surface area (Å²) in [6, 6.07) is 8.67. The summed E-state index contributed by atoms with van der Waals surface area (Å²) in [6.07, 6.45) is 2.28. The highest BCUT2D eigenvalue weighted by molar-refractivity contribution is 5.27. The Morgan fingerprint density at radius 1 is 1.19 bits per heavy atom. The molecule has 2 aromatic rings. The van der Waals surface area contributed by atoms with Crippen molar-refractivity contribution in [1.29, 1.82) is 0 Å². The number of aryl methyl sites for hydroxylation is 2. The molecule has 0 aliphatic carbocycles. The van der Waals surface area contributed by atoms with Gasteiger partial charge in [-0.15, -0.1) is 0 Å². The van der Waals surface area contributed by atoms with Gasteiger partial charge in [-0.1, -0.05) is 36.8 Å². The molecule has 0 fully saturated rings. The van der Waals surface area contributed by atoms with Crippen molar-refractivity contribution in [1.82, 2.24) is 15.1 Å². The number of hydrogen-bond acceptors (Lipinski definition) is 2. The van der Waals surface area contributed by atoms with Crippen LogP contribution in [0.3, 0.4) is 0 Å². The second kappa shape index (κ2) is 7.41. The lowest BCUT2D eigenvalue weighted by Crippen LogP contribution is -2.14. The molecule has 3 nitrogen and oxygen atoms in total. The maximum atomic E-state index is 4.73. The number of rotatable bonds is 7. The second-order valence-electron chi connectivity index (χ2n) is 5.75. The minimum Gasteiger partial charge on any atom is -0.317 e. The molecule has 21 heavy (non-hydrogen) atoms. The maximum absolute atomic E-state index is 4.73. The van der Waals surface area contributed by atoms with Gasteiger partial charge in [0.05, 0.1) is 12.2 Å². The lowest BCUT2D eigenvalue weighted by molar-refractivity contribution is 0.653. The Balaban J connectivity index is 2.07. The van der Waals surface area contributed by atoms with Gasteiger partial charge in [0.2, 0.25) is 0 Å². The first-order valence-electron chi connectivity index (χ1n) is 7.91. The molecular weight excluding hydrogens is 258 g/mol. The third kappa shape index (κ3) is 4.18. The van der Waals surface area contributed by atoms with Crippen LogP contribution in [0.1, 0.15) is 41.4 Å². The monoisotopic (exact) mass is 285 g/mol. The predicted octanol–water partition coefficient (Wildman–Crippen LogP) is 3.40. The van der Waals surface area contributed by atoms with E-state index in [1.54, 1.807) is 0 Å². The topological polar surface area (TPSA) is 29.9 Å². The van der Waals surface area contributed by atoms with E-state index in [1.807, 2.05) is 0 Å². The van der Waals surface area contributed by atoms with Crippen LogP contribution in [0.25, 0.3) is 0 Å². The quantitative estimate of drug-likeness (QED) is 0.790. The molecule has 1 heterocycles. The summed E-state index contributed by atoms with van der Waals surface area (Å²) in [4.78, 5) is 0. The minimum atomic E-state index is 0.863. The molecular formula is C18H27N3. The molecule has 1 N–H and O–H groups in total. The summed E-state index contributed by atoms with van der Waals surface area (Å²) < 4.78 is 2.15. The zero-order chi connectivity index (χ0) is 15.2. The number of benzene rings is 1. The Labute approximate surface area is 128 Å². The molecule has 2 rings (SSSR count). The summed E-state index contributed by atoms with van der Waals surface area (Å²) in [7, 11) is 0. The predicted molar refractivity (Wildman–Crippen MR) is 88.8 cm³/mol. The molecule has 0 bridgehead atoms. The van der Waals surface area contributed by atoms with Gasteiger partial charge in [-0.2, -0.15) is 5.10 Å². The summed E-state index contributed by atoms with van der Waals surface area (Å²) in [5, 5.41) is 8.11. The van der Waals surface area contributed by atoms with Gasteiger partial charge in [0.1, 0.15) is 0 Å². The van der Waals surface area contributed by atoms with Crippen LogP contribution in [0.15, 0.2) is 24.3 Å². The van der Waals surface area contributed by atoms with E-state index in [-0.39, 0.29) is 0 Å². The van der Waals surface area contributed by atoms with E-state index < -0.39 is 0 Å². The van der Waals surface area contributed by atoms with Crippen LogP contribution in [0.4, 0.5) is 0 Å². The summed E-state index contributed by atoms with van der Waals surface area (Å²) in [6.45, 7) is 11.6. The average molecular weight is 285 g/mol. The molecule has 0 atom stereocenters. The van der Waals surface area contributed by atoms with Gasteiger partial charge >= 0.3 is 0 Å². The van der Waals surface area contributed by atoms with Crippen molar-refractivity contribution in [2.24, 2.45) is 0 Å². The van der Waals surface area contributed by atoms with Gasteiger partial charge in [0.15, 0.2) is 0 Å². The van der Waals surface area contributed by atoms with Gasteiger partial charge in [0.25, 0.3) is 0 Å². The zero-order valence-electron chi connectivity index (χ0n) is 13.7. The van der Waals surface area contributed by atoms with Gasteiger partial charge < -0.3 is 5.32 Å². The molecule has 0 aliphatic rings. The summed E-state index contributed by atoms with van der Waals surface area (Å²) in [5.41, 5.74) is 6.53. The lowest BCUT2D eigenvalue weighted by Gasteiger charge is -2.07. The van der Waals surface area contributed by atoms with E-state index in [9.17, 15) is 0 Å². The molecule has 0 aliphatic heterocycles. The van der Waals surface area contributed by atoms with Crippen molar-refractivity contribution >= 4 is 0 Å². The van der Waals surface area contributed by atoms with Gasteiger partial charge in [-0.05, 0) is 57.8 Å². The fourth-order valence-corrected chi connectivity index (χ4v) is 2.80. The third-order valence-corrected chi connectivity index (χ3v) is 3.98. The Hall–Kier alpha value is -1.61. The van der Waals surface area contributed by atoms with Crippen LogP contribution >= 0.6 is 0 Å². The van der Waals surface area contributed by atoms with Crippen LogP contribution in [0.5, 0.6) is 0 Å². The second-order valence-corrected chi connectivity index (χ2v) is 5.75. The van der Waals surface area contributed by atoms with E-state index in [0.29, 0.717) is 0 Å². The van der Waals surface area contributed by atoms with Gasteiger partial charge in [0, 0.05) is 5.69 Å². The molecule has 0 unspecified atom stereocenters. The number of nitrogens with zero attached hydrogens (tertiary/aromatic N) is 2. The number of aromatic nitrogens is 2. The Kier molecular flexibility index (Phi) is 5.57. The Morgan fingerprint density at radius 2 is 2.00 bits per heavy atom. The van der Waals surface area contributed by atoms with Crippen molar-refractivity contribution in [3.63, 3.8) is 0 Å². The molecule has 1 aromatic heterocycles. The van der Waals surface area contributed by atoms with E-state index in [0.717, 1.165) is 26.1 Å². The van der Waals surface area contributed by atoms with Crippen LogP contribution in [-0.4, -0.2) is 22.9 Å². The zero-order valence-corrected chi connectivity index (χ0v) is 13.7. The largest absolute Gasteiger partial charge is 0.317 e. The number of nitrogens with one attached hydrogen (secondary N) is 1. The smallest absolute Gasteiger partial charge is 0.0662 e. The highest BCUT2D eigenvalue weighted by atomic mass is 15.3. The first-order chi connectivity index (χ1) is 10.1. The fraction of sp³-hybridized carbons (Fsp3) is 0.500. The standard InChI is InChI=1S/C18H27N3/c1-5-19-11-7-10-18-15(3)20-21(16(18)4)13-17-9-6-8-14(2)12-17/h6,8-9,12,19H,5,7,10-11,13H2,1-4H3. The Morgan fingerprint density at radius 3 is 2.71 bits per heavy atom. The fourth-order valence-electron chi connectivity index (χ4n) is 2.80. The van der Waals surface area contributed by atoms with Crippen molar-refractivity contribution in [3.05, 3.63) is 52.3 Å². The molecule has 0 spiro atoms. The third-order valence-electron chi connectivity index (χ3n) is 3.98. The lowest BCUT2D eigenvalue weighted by atomic mass is 10.1. The van der Waals surface area contributed by atoms with Crippen molar-refractivity contribution in [3.8, 4) is 0 Å². The summed E-state index contributed by atoms with van der Waals surface area (Å²) in [5.74, 6) is 0. The van der Waals surface area contributed by atoms with Crippen LogP contribution < -0.4 is 5.32 Å². The normalized spacial score (nSPS) is 11.0. The molecule has 0 radical (unpaired) electrons. The highest BCUT2D eigenvalue weighted by Crippen LogP contribution is 2.17. The molecule has 0 saturated carbocycles. The highest BCUT2D eigenvalue weighted by Gasteiger charge is 2.11.